The van der Waals surface area contributed by atoms with Crippen molar-refractivity contribution in [3.63, 3.8) is 0 Å². The van der Waals surface area contributed by atoms with E-state index in [-0.39, 0.29) is 12.3 Å². The Morgan fingerprint density at radius 1 is 0.960 bits per heavy atom. The van der Waals surface area contributed by atoms with Gasteiger partial charge in [-0.3, -0.25) is 10.1 Å². The summed E-state index contributed by atoms with van der Waals surface area (Å²) in [7, 11) is 1.30. The molecule has 2 aromatic rings. The number of methoxy groups -OCH3 is 1. The quantitative estimate of drug-likeness (QED) is 0.835. The molecule has 0 aromatic heterocycles. The summed E-state index contributed by atoms with van der Waals surface area (Å²) in [5, 5.41) is 5.32. The van der Waals surface area contributed by atoms with Crippen LogP contribution in [0.25, 0.3) is 0 Å². The number of carbonyl (C=O) groups excluding carboxylic acids is 2. The molecule has 6 nitrogen and oxygen atoms in total. The maximum Gasteiger partial charge on any atom is 0.411 e. The molecule has 0 aliphatic heterocycles. The highest BCUT2D eigenvalue weighted by atomic mass is 16.5. The van der Waals surface area contributed by atoms with Crippen molar-refractivity contribution < 1.29 is 19.1 Å². The Bertz CT molecular complexity index is 742. The molecule has 0 spiro atoms. The van der Waals surface area contributed by atoms with Gasteiger partial charge in [-0.15, -0.1) is 0 Å². The molecule has 0 aliphatic rings. The molecule has 25 heavy (non-hydrogen) atoms. The van der Waals surface area contributed by atoms with Crippen LogP contribution < -0.4 is 15.4 Å². The van der Waals surface area contributed by atoms with E-state index in [1.165, 1.54) is 12.7 Å². The van der Waals surface area contributed by atoms with E-state index in [1.807, 2.05) is 32.0 Å². The van der Waals surface area contributed by atoms with Crippen LogP contribution in [0.3, 0.4) is 0 Å². The minimum atomic E-state index is -0.541. The van der Waals surface area contributed by atoms with Gasteiger partial charge < -0.3 is 14.8 Å². The van der Waals surface area contributed by atoms with E-state index in [1.54, 1.807) is 24.3 Å². The third-order valence-corrected chi connectivity index (χ3v) is 3.52. The summed E-state index contributed by atoms with van der Waals surface area (Å²) in [4.78, 5) is 23.1. The van der Waals surface area contributed by atoms with Gasteiger partial charge in [0.25, 0.3) is 0 Å². The first-order valence-corrected chi connectivity index (χ1v) is 7.93. The summed E-state index contributed by atoms with van der Waals surface area (Å²) in [5.74, 6) is 0.648. The van der Waals surface area contributed by atoms with Crippen molar-refractivity contribution in [2.45, 2.75) is 20.3 Å². The van der Waals surface area contributed by atoms with Crippen LogP contribution in [-0.4, -0.2) is 25.7 Å². The second kappa shape index (κ2) is 8.73. The maximum atomic E-state index is 12.0. The molecule has 6 heteroatoms. The summed E-state index contributed by atoms with van der Waals surface area (Å²) in [5.41, 5.74) is 3.46. The Morgan fingerprint density at radius 3 is 2.20 bits per heavy atom. The van der Waals surface area contributed by atoms with Crippen molar-refractivity contribution in [3.05, 3.63) is 53.6 Å². The third-order valence-electron chi connectivity index (χ3n) is 3.52. The molecule has 0 aliphatic carbocycles. The molecule has 132 valence electrons. The Morgan fingerprint density at radius 2 is 1.60 bits per heavy atom. The standard InChI is InChI=1S/C19H22N2O4/c1-13-4-9-17(14(2)12-13)25-11-10-18(22)20-15-5-7-16(8-6-15)21-19(23)24-3/h4-9,12H,10-11H2,1-3H3,(H,20,22)(H,21,23). The molecule has 2 amide bonds. The minimum Gasteiger partial charge on any atom is -0.493 e. The number of hydrogen-bond acceptors (Lipinski definition) is 4. The van der Waals surface area contributed by atoms with E-state index in [9.17, 15) is 9.59 Å². The van der Waals surface area contributed by atoms with Gasteiger partial charge in [-0.25, -0.2) is 4.79 Å². The van der Waals surface area contributed by atoms with Crippen molar-refractivity contribution in [2.24, 2.45) is 0 Å². The van der Waals surface area contributed by atoms with Crippen LogP contribution in [0.1, 0.15) is 17.5 Å². The molecule has 2 aromatic carbocycles. The second-order valence-electron chi connectivity index (χ2n) is 5.61. The number of amides is 2. The van der Waals surface area contributed by atoms with Crippen molar-refractivity contribution in [2.75, 3.05) is 24.4 Å². The predicted molar refractivity (Wildman–Crippen MR) is 97.1 cm³/mol. The maximum absolute atomic E-state index is 12.0. The molecule has 0 saturated heterocycles. The van der Waals surface area contributed by atoms with Crippen LogP contribution in [-0.2, 0) is 9.53 Å². The van der Waals surface area contributed by atoms with Gasteiger partial charge in [0.2, 0.25) is 5.91 Å². The number of anilines is 2. The molecule has 0 saturated carbocycles. The summed E-state index contributed by atoms with van der Waals surface area (Å²) < 4.78 is 10.2. The largest absolute Gasteiger partial charge is 0.493 e. The van der Waals surface area contributed by atoms with Crippen molar-refractivity contribution in [1.29, 1.82) is 0 Å². The number of aryl methyl sites for hydroxylation is 2. The van der Waals surface area contributed by atoms with Gasteiger partial charge in [-0.1, -0.05) is 17.7 Å². The smallest absolute Gasteiger partial charge is 0.411 e. The van der Waals surface area contributed by atoms with Crippen LogP contribution in [0.15, 0.2) is 42.5 Å². The zero-order valence-electron chi connectivity index (χ0n) is 14.6. The fourth-order valence-corrected chi connectivity index (χ4v) is 2.24. The molecule has 0 unspecified atom stereocenters. The zero-order chi connectivity index (χ0) is 18.2. The van der Waals surface area contributed by atoms with Crippen molar-refractivity contribution >= 4 is 23.4 Å². The molecular formula is C19H22N2O4. The highest BCUT2D eigenvalue weighted by Crippen LogP contribution is 2.19. The lowest BCUT2D eigenvalue weighted by Gasteiger charge is -2.10. The molecule has 0 heterocycles. The average molecular weight is 342 g/mol. The molecule has 0 radical (unpaired) electrons. The summed E-state index contributed by atoms with van der Waals surface area (Å²) in [6, 6.07) is 12.7. The van der Waals surface area contributed by atoms with Gasteiger partial charge in [0, 0.05) is 11.4 Å². The third kappa shape index (κ3) is 5.84. The van der Waals surface area contributed by atoms with Crippen LogP contribution in [0.2, 0.25) is 0 Å². The average Bonchev–Trinajstić information content (AvgIpc) is 2.58. The second-order valence-corrected chi connectivity index (χ2v) is 5.61. The van der Waals surface area contributed by atoms with Gasteiger partial charge in [0.15, 0.2) is 0 Å². The van der Waals surface area contributed by atoms with Crippen molar-refractivity contribution in [1.82, 2.24) is 0 Å². The van der Waals surface area contributed by atoms with Gasteiger partial charge in [-0.2, -0.15) is 0 Å². The topological polar surface area (TPSA) is 76.7 Å². The lowest BCUT2D eigenvalue weighted by molar-refractivity contribution is -0.116. The minimum absolute atomic E-state index is 0.140. The summed E-state index contributed by atoms with van der Waals surface area (Å²) >= 11 is 0. The lowest BCUT2D eigenvalue weighted by atomic mass is 10.1. The number of benzene rings is 2. The first-order chi connectivity index (χ1) is 12.0. The number of carbonyl (C=O) groups is 2. The summed E-state index contributed by atoms with van der Waals surface area (Å²) in [6.07, 6.45) is -0.296. The van der Waals surface area contributed by atoms with Crippen LogP contribution in [0.4, 0.5) is 16.2 Å². The Balaban J connectivity index is 1.79. The van der Waals surface area contributed by atoms with E-state index in [0.29, 0.717) is 18.0 Å². The fraction of sp³-hybridized carbons (Fsp3) is 0.263. The van der Waals surface area contributed by atoms with Gasteiger partial charge in [0.1, 0.15) is 5.75 Å². The van der Waals surface area contributed by atoms with E-state index in [4.69, 9.17) is 4.74 Å². The monoisotopic (exact) mass is 342 g/mol. The Hall–Kier alpha value is -3.02. The van der Waals surface area contributed by atoms with Gasteiger partial charge in [0.05, 0.1) is 20.1 Å². The van der Waals surface area contributed by atoms with E-state index in [0.717, 1.165) is 11.3 Å². The molecule has 0 atom stereocenters. The number of hydrogen-bond donors (Lipinski definition) is 2. The SMILES string of the molecule is COC(=O)Nc1ccc(NC(=O)CCOc2ccc(C)cc2C)cc1. The van der Waals surface area contributed by atoms with E-state index in [2.05, 4.69) is 15.4 Å². The van der Waals surface area contributed by atoms with Crippen LogP contribution in [0.5, 0.6) is 5.75 Å². The first kappa shape index (κ1) is 18.3. The highest BCUT2D eigenvalue weighted by Gasteiger charge is 2.06. The summed E-state index contributed by atoms with van der Waals surface area (Å²) in [6.45, 7) is 4.31. The molecular weight excluding hydrogens is 320 g/mol. The highest BCUT2D eigenvalue weighted by molar-refractivity contribution is 5.91. The van der Waals surface area contributed by atoms with Crippen molar-refractivity contribution in [3.8, 4) is 5.75 Å². The fourth-order valence-electron chi connectivity index (χ4n) is 2.24. The molecule has 2 N–H and O–H groups in total. The number of nitrogens with one attached hydrogen (secondary N) is 2. The van der Waals surface area contributed by atoms with Crippen LogP contribution >= 0.6 is 0 Å². The van der Waals surface area contributed by atoms with Gasteiger partial charge >= 0.3 is 6.09 Å². The lowest BCUT2D eigenvalue weighted by Crippen LogP contribution is -2.15. The first-order valence-electron chi connectivity index (χ1n) is 7.93. The van der Waals surface area contributed by atoms with Crippen LogP contribution in [0, 0.1) is 13.8 Å². The predicted octanol–water partition coefficient (Wildman–Crippen LogP) is 3.89. The number of rotatable bonds is 6. The molecule has 2 rings (SSSR count). The van der Waals surface area contributed by atoms with Gasteiger partial charge in [-0.05, 0) is 49.7 Å². The number of ether oxygens (including phenoxy) is 2. The Labute approximate surface area is 147 Å². The van der Waals surface area contributed by atoms with E-state index < -0.39 is 6.09 Å². The normalized spacial score (nSPS) is 10.0. The molecule has 0 bridgehead atoms. The van der Waals surface area contributed by atoms with E-state index >= 15 is 0 Å². The Kier molecular flexibility index (Phi) is 6.39. The zero-order valence-corrected chi connectivity index (χ0v) is 14.6. The molecule has 0 fully saturated rings.